The number of ether oxygens (including phenoxy) is 2. The summed E-state index contributed by atoms with van der Waals surface area (Å²) in [4.78, 5) is 25.4. The van der Waals surface area contributed by atoms with Crippen molar-refractivity contribution in [1.29, 1.82) is 0 Å². The zero-order valence-electron chi connectivity index (χ0n) is 15.0. The quantitative estimate of drug-likeness (QED) is 0.729. The molecule has 1 aromatic carbocycles. The van der Waals surface area contributed by atoms with Gasteiger partial charge in [-0.25, -0.2) is 4.79 Å². The van der Waals surface area contributed by atoms with Crippen LogP contribution in [0.1, 0.15) is 31.1 Å². The molecule has 9 heteroatoms. The Kier molecular flexibility index (Phi) is 8.24. The van der Waals surface area contributed by atoms with E-state index < -0.39 is 24.2 Å². The summed E-state index contributed by atoms with van der Waals surface area (Å²) in [7, 11) is 0. The smallest absolute Gasteiger partial charge is 0.407 e. The lowest BCUT2D eigenvalue weighted by Crippen LogP contribution is -2.41. The van der Waals surface area contributed by atoms with Crippen LogP contribution in [0.25, 0.3) is 0 Å². The van der Waals surface area contributed by atoms with Crippen LogP contribution in [0.15, 0.2) is 24.3 Å². The second-order valence-corrected chi connectivity index (χ2v) is 6.32. The summed E-state index contributed by atoms with van der Waals surface area (Å²) in [6.07, 6.45) is -0.643. The van der Waals surface area contributed by atoms with E-state index in [9.17, 15) is 18.4 Å². The van der Waals surface area contributed by atoms with E-state index in [-0.39, 0.29) is 37.6 Å². The van der Waals surface area contributed by atoms with Crippen LogP contribution in [0.4, 0.5) is 13.6 Å². The highest BCUT2D eigenvalue weighted by atomic mass is 19.3. The molecule has 0 aromatic heterocycles. The van der Waals surface area contributed by atoms with Gasteiger partial charge in [-0.15, -0.1) is 0 Å². The van der Waals surface area contributed by atoms with Crippen LogP contribution in [0.5, 0.6) is 5.75 Å². The molecule has 0 aliphatic heterocycles. The Morgan fingerprint density at radius 2 is 1.88 bits per heavy atom. The number of halogens is 2. The van der Waals surface area contributed by atoms with Crippen molar-refractivity contribution in [3.05, 3.63) is 29.8 Å². The number of rotatable bonds is 8. The zero-order chi connectivity index (χ0) is 19.7. The molecule has 2 amide bonds. The molecule has 0 bridgehead atoms. The molecule has 0 radical (unpaired) electrons. The van der Waals surface area contributed by atoms with Gasteiger partial charge in [0, 0.05) is 19.6 Å². The summed E-state index contributed by atoms with van der Waals surface area (Å²) in [5.74, 6) is -0.850. The SMILES string of the molecule is CC(C)(C)OC(=O)NCCN(CCO)C(=O)c1ccccc1OC(F)F. The van der Waals surface area contributed by atoms with Crippen molar-refractivity contribution >= 4 is 12.0 Å². The molecule has 1 aromatic rings. The van der Waals surface area contributed by atoms with Gasteiger partial charge in [0.05, 0.1) is 12.2 Å². The van der Waals surface area contributed by atoms with Crippen molar-refractivity contribution < 1.29 is 33.0 Å². The summed E-state index contributed by atoms with van der Waals surface area (Å²) < 4.78 is 34.4. The highest BCUT2D eigenvalue weighted by Crippen LogP contribution is 2.21. The van der Waals surface area contributed by atoms with Gasteiger partial charge >= 0.3 is 12.7 Å². The van der Waals surface area contributed by atoms with E-state index in [4.69, 9.17) is 9.84 Å². The van der Waals surface area contributed by atoms with Crippen molar-refractivity contribution in [2.24, 2.45) is 0 Å². The highest BCUT2D eigenvalue weighted by Gasteiger charge is 2.21. The molecular formula is C17H24F2N2O5. The molecular weight excluding hydrogens is 350 g/mol. The van der Waals surface area contributed by atoms with Gasteiger partial charge in [-0.3, -0.25) is 4.79 Å². The number of aliphatic hydroxyl groups excluding tert-OH is 1. The second kappa shape index (κ2) is 9.91. The number of alkyl halides is 2. The van der Waals surface area contributed by atoms with Crippen LogP contribution >= 0.6 is 0 Å². The molecule has 0 saturated heterocycles. The van der Waals surface area contributed by atoms with Gasteiger partial charge in [0.15, 0.2) is 0 Å². The average molecular weight is 374 g/mol. The highest BCUT2D eigenvalue weighted by molar-refractivity contribution is 5.97. The van der Waals surface area contributed by atoms with Crippen LogP contribution in [-0.2, 0) is 4.74 Å². The van der Waals surface area contributed by atoms with Gasteiger partial charge in [-0.1, -0.05) is 12.1 Å². The first kappa shape index (κ1) is 21.6. The number of alkyl carbamates (subject to hydrolysis) is 1. The molecule has 146 valence electrons. The van der Waals surface area contributed by atoms with Crippen LogP contribution in [0.3, 0.4) is 0 Å². The first-order chi connectivity index (χ1) is 12.1. The summed E-state index contributed by atoms with van der Waals surface area (Å²) >= 11 is 0. The Balaban J connectivity index is 2.75. The van der Waals surface area contributed by atoms with Crippen LogP contribution in [-0.4, -0.2) is 60.5 Å². The van der Waals surface area contributed by atoms with Crippen molar-refractivity contribution in [2.75, 3.05) is 26.2 Å². The molecule has 0 atom stereocenters. The van der Waals surface area contributed by atoms with Crippen molar-refractivity contribution in [2.45, 2.75) is 33.0 Å². The Labute approximate surface area is 150 Å². The molecule has 1 rings (SSSR count). The van der Waals surface area contributed by atoms with Crippen LogP contribution in [0.2, 0.25) is 0 Å². The zero-order valence-corrected chi connectivity index (χ0v) is 15.0. The molecule has 0 fully saturated rings. The molecule has 0 unspecified atom stereocenters. The van der Waals surface area contributed by atoms with Gasteiger partial charge in [0.2, 0.25) is 0 Å². The van der Waals surface area contributed by atoms with Gasteiger partial charge in [0.25, 0.3) is 5.91 Å². The average Bonchev–Trinajstić information content (AvgIpc) is 2.51. The Morgan fingerprint density at radius 3 is 2.46 bits per heavy atom. The van der Waals surface area contributed by atoms with Crippen LogP contribution in [0, 0.1) is 0 Å². The number of amides is 2. The van der Waals surface area contributed by atoms with Crippen molar-refractivity contribution in [1.82, 2.24) is 10.2 Å². The predicted octanol–water partition coefficient (Wildman–Crippen LogP) is 2.25. The van der Waals surface area contributed by atoms with E-state index in [2.05, 4.69) is 10.1 Å². The fourth-order valence-electron chi connectivity index (χ4n) is 2.06. The van der Waals surface area contributed by atoms with E-state index in [1.54, 1.807) is 20.8 Å². The molecule has 26 heavy (non-hydrogen) atoms. The number of nitrogens with zero attached hydrogens (tertiary/aromatic N) is 1. The van der Waals surface area contributed by atoms with Gasteiger partial charge in [0.1, 0.15) is 11.4 Å². The fraction of sp³-hybridized carbons (Fsp3) is 0.529. The minimum Gasteiger partial charge on any atom is -0.444 e. The lowest BCUT2D eigenvalue weighted by molar-refractivity contribution is -0.0503. The number of aliphatic hydroxyl groups is 1. The number of hydrogen-bond acceptors (Lipinski definition) is 5. The Bertz CT molecular complexity index is 605. The summed E-state index contributed by atoms with van der Waals surface area (Å²) in [6, 6.07) is 5.59. The molecule has 7 nitrogen and oxygen atoms in total. The maximum absolute atomic E-state index is 12.6. The number of nitrogens with one attached hydrogen (secondary N) is 1. The molecule has 0 saturated carbocycles. The topological polar surface area (TPSA) is 88.1 Å². The minimum atomic E-state index is -3.07. The summed E-state index contributed by atoms with van der Waals surface area (Å²) in [5.41, 5.74) is -0.713. The largest absolute Gasteiger partial charge is 0.444 e. The van der Waals surface area contributed by atoms with E-state index >= 15 is 0 Å². The van der Waals surface area contributed by atoms with E-state index in [0.717, 1.165) is 0 Å². The number of para-hydroxylation sites is 1. The Hall–Kier alpha value is -2.42. The third kappa shape index (κ3) is 7.64. The monoisotopic (exact) mass is 374 g/mol. The van der Waals surface area contributed by atoms with E-state index in [1.807, 2.05) is 0 Å². The number of carbonyl (C=O) groups excluding carboxylic acids is 2. The molecule has 0 aliphatic rings. The predicted molar refractivity (Wildman–Crippen MR) is 90.3 cm³/mol. The summed E-state index contributed by atoms with van der Waals surface area (Å²) in [5, 5.41) is 11.6. The second-order valence-electron chi connectivity index (χ2n) is 6.32. The van der Waals surface area contributed by atoms with Gasteiger partial charge < -0.3 is 24.8 Å². The third-order valence-corrected chi connectivity index (χ3v) is 3.04. The fourth-order valence-corrected chi connectivity index (χ4v) is 2.06. The van der Waals surface area contributed by atoms with Gasteiger partial charge in [-0.2, -0.15) is 8.78 Å². The van der Waals surface area contributed by atoms with Crippen molar-refractivity contribution in [3.8, 4) is 5.75 Å². The maximum Gasteiger partial charge on any atom is 0.407 e. The van der Waals surface area contributed by atoms with Gasteiger partial charge in [-0.05, 0) is 32.9 Å². The third-order valence-electron chi connectivity index (χ3n) is 3.04. The first-order valence-electron chi connectivity index (χ1n) is 8.05. The molecule has 0 spiro atoms. The number of hydrogen-bond donors (Lipinski definition) is 2. The van der Waals surface area contributed by atoms with E-state index in [0.29, 0.717) is 0 Å². The standard InChI is InChI=1S/C17H24F2N2O5/c1-17(2,3)26-16(24)20-8-9-21(10-11-22)14(23)12-6-4-5-7-13(12)25-15(18)19/h4-7,15,22H,8-11H2,1-3H3,(H,20,24). The van der Waals surface area contributed by atoms with E-state index in [1.165, 1.54) is 29.2 Å². The number of carbonyl (C=O) groups is 2. The molecule has 0 heterocycles. The summed E-state index contributed by atoms with van der Waals surface area (Å²) in [6.45, 7) is 1.86. The minimum absolute atomic E-state index is 0.0299. The molecule has 2 N–H and O–H groups in total. The molecule has 0 aliphatic carbocycles. The number of benzene rings is 1. The van der Waals surface area contributed by atoms with Crippen LogP contribution < -0.4 is 10.1 Å². The van der Waals surface area contributed by atoms with Crippen molar-refractivity contribution in [3.63, 3.8) is 0 Å². The first-order valence-corrected chi connectivity index (χ1v) is 8.05. The Morgan fingerprint density at radius 1 is 1.23 bits per heavy atom. The maximum atomic E-state index is 12.6. The lowest BCUT2D eigenvalue weighted by atomic mass is 10.1. The normalized spacial score (nSPS) is 11.2. The lowest BCUT2D eigenvalue weighted by Gasteiger charge is -2.24.